The van der Waals surface area contributed by atoms with Gasteiger partial charge in [0.15, 0.2) is 5.78 Å². The van der Waals surface area contributed by atoms with Gasteiger partial charge in [-0.3, -0.25) is 19.3 Å². The van der Waals surface area contributed by atoms with Crippen LogP contribution in [-0.4, -0.2) is 32.9 Å². The number of ketones is 1. The lowest BCUT2D eigenvalue weighted by molar-refractivity contribution is -0.122. The second kappa shape index (κ2) is 8.50. The Bertz CT molecular complexity index is 1180. The van der Waals surface area contributed by atoms with Crippen molar-refractivity contribution in [3.63, 3.8) is 0 Å². The highest BCUT2D eigenvalue weighted by molar-refractivity contribution is 8.18. The van der Waals surface area contributed by atoms with Crippen molar-refractivity contribution in [1.29, 1.82) is 0 Å². The minimum atomic E-state index is -0.445. The van der Waals surface area contributed by atoms with Crippen molar-refractivity contribution in [2.45, 2.75) is 19.9 Å². The zero-order valence-corrected chi connectivity index (χ0v) is 17.9. The highest BCUT2D eigenvalue weighted by atomic mass is 35.5. The zero-order valence-electron chi connectivity index (χ0n) is 16.3. The molecule has 0 atom stereocenters. The highest BCUT2D eigenvalue weighted by Crippen LogP contribution is 2.34. The molecule has 1 fully saturated rings. The number of hydrogen-bond acceptors (Lipinski definition) is 4. The summed E-state index contributed by atoms with van der Waals surface area (Å²) in [5.41, 5.74) is 2.38. The Labute approximate surface area is 183 Å². The standard InChI is InChI=1S/C23H19ClN2O3S/c1-2-11-25-13-16(18-5-3-4-6-19(18)25)12-21-22(28)26(23(29)30-21)14-20(27)15-7-9-17(24)10-8-15/h3-10,12-13H,2,11,14H2,1H3/b21-12-. The second-order valence-electron chi connectivity index (χ2n) is 6.99. The van der Waals surface area contributed by atoms with Crippen molar-refractivity contribution in [3.8, 4) is 0 Å². The van der Waals surface area contributed by atoms with E-state index in [4.69, 9.17) is 11.6 Å². The quantitative estimate of drug-likeness (QED) is 0.370. The minimum Gasteiger partial charge on any atom is -0.347 e. The van der Waals surface area contributed by atoms with Crippen molar-refractivity contribution in [2.24, 2.45) is 0 Å². The predicted molar refractivity (Wildman–Crippen MR) is 121 cm³/mol. The molecule has 2 amide bonds. The van der Waals surface area contributed by atoms with Crippen molar-refractivity contribution in [3.05, 3.63) is 75.8 Å². The normalized spacial score (nSPS) is 15.5. The average molecular weight is 439 g/mol. The van der Waals surface area contributed by atoms with Crippen LogP contribution in [0.1, 0.15) is 29.3 Å². The molecule has 0 N–H and O–H groups in total. The molecule has 1 aromatic heterocycles. The van der Waals surface area contributed by atoms with Gasteiger partial charge in [0.25, 0.3) is 11.1 Å². The summed E-state index contributed by atoms with van der Waals surface area (Å²) in [5.74, 6) is -0.755. The molecule has 0 unspecified atom stereocenters. The second-order valence-corrected chi connectivity index (χ2v) is 8.42. The SMILES string of the molecule is CCCn1cc(/C=C2\SC(=O)N(CC(=O)c3ccc(Cl)cc3)C2=O)c2ccccc21. The van der Waals surface area contributed by atoms with Crippen LogP contribution in [0.2, 0.25) is 5.02 Å². The van der Waals surface area contributed by atoms with E-state index in [1.165, 1.54) is 0 Å². The minimum absolute atomic E-state index is 0.290. The number of nitrogens with zero attached hydrogens (tertiary/aromatic N) is 2. The summed E-state index contributed by atoms with van der Waals surface area (Å²) in [6.45, 7) is 2.68. The first kappa shape index (κ1) is 20.4. The van der Waals surface area contributed by atoms with Gasteiger partial charge in [-0.2, -0.15) is 0 Å². The fourth-order valence-corrected chi connectivity index (χ4v) is 4.42. The lowest BCUT2D eigenvalue weighted by Crippen LogP contribution is -2.33. The molecular formula is C23H19ClN2O3S. The predicted octanol–water partition coefficient (Wildman–Crippen LogP) is 5.62. The Morgan fingerprint density at radius 2 is 1.83 bits per heavy atom. The van der Waals surface area contributed by atoms with Crippen LogP contribution < -0.4 is 0 Å². The molecule has 0 spiro atoms. The Hall–Kier alpha value is -2.83. The molecule has 1 aliphatic rings. The van der Waals surface area contributed by atoms with E-state index in [-0.39, 0.29) is 12.3 Å². The van der Waals surface area contributed by atoms with E-state index in [0.29, 0.717) is 15.5 Å². The molecule has 5 nitrogen and oxygen atoms in total. The first-order valence-corrected chi connectivity index (χ1v) is 10.8. The van der Waals surface area contributed by atoms with Crippen molar-refractivity contribution < 1.29 is 14.4 Å². The van der Waals surface area contributed by atoms with Crippen LogP contribution >= 0.6 is 23.4 Å². The number of rotatable bonds is 6. The van der Waals surface area contributed by atoms with E-state index in [0.717, 1.165) is 46.1 Å². The van der Waals surface area contributed by atoms with Gasteiger partial charge in [-0.1, -0.05) is 36.7 Å². The topological polar surface area (TPSA) is 59.4 Å². The van der Waals surface area contributed by atoms with Crippen LogP contribution in [0.4, 0.5) is 4.79 Å². The van der Waals surface area contributed by atoms with E-state index in [1.807, 2.05) is 30.5 Å². The van der Waals surface area contributed by atoms with Gasteiger partial charge >= 0.3 is 0 Å². The number of carbonyl (C=O) groups is 3. The number of halogens is 1. The number of benzene rings is 2. The first-order chi connectivity index (χ1) is 14.5. The van der Waals surface area contributed by atoms with Gasteiger partial charge in [0.1, 0.15) is 0 Å². The fraction of sp³-hybridized carbons (Fsp3) is 0.174. The summed E-state index contributed by atoms with van der Waals surface area (Å²) in [5, 5.41) is 1.10. The van der Waals surface area contributed by atoms with Crippen LogP contribution in [0.15, 0.2) is 59.6 Å². The molecular weight excluding hydrogens is 420 g/mol. The van der Waals surface area contributed by atoms with E-state index in [1.54, 1.807) is 30.3 Å². The number of aromatic nitrogens is 1. The molecule has 0 bridgehead atoms. The van der Waals surface area contributed by atoms with Gasteiger partial charge < -0.3 is 4.57 Å². The molecule has 30 heavy (non-hydrogen) atoms. The number of fused-ring (bicyclic) bond motifs is 1. The Balaban J connectivity index is 1.60. The number of carbonyl (C=O) groups excluding carboxylic acids is 3. The summed E-state index contributed by atoms with van der Waals surface area (Å²) < 4.78 is 2.15. The number of para-hydroxylation sites is 1. The lowest BCUT2D eigenvalue weighted by Gasteiger charge is -2.11. The van der Waals surface area contributed by atoms with E-state index in [2.05, 4.69) is 11.5 Å². The molecule has 2 heterocycles. The largest absolute Gasteiger partial charge is 0.347 e. The molecule has 0 radical (unpaired) electrons. The third kappa shape index (κ3) is 3.93. The van der Waals surface area contributed by atoms with Crippen LogP contribution in [0.5, 0.6) is 0 Å². The van der Waals surface area contributed by atoms with E-state index in [9.17, 15) is 14.4 Å². The van der Waals surface area contributed by atoms with Crippen molar-refractivity contribution >= 4 is 57.3 Å². The summed E-state index contributed by atoms with van der Waals surface area (Å²) in [6, 6.07) is 14.4. The maximum absolute atomic E-state index is 12.8. The summed E-state index contributed by atoms with van der Waals surface area (Å²) >= 11 is 6.71. The number of imide groups is 1. The van der Waals surface area contributed by atoms with Crippen LogP contribution in [0.3, 0.4) is 0 Å². The molecule has 4 rings (SSSR count). The molecule has 1 saturated heterocycles. The van der Waals surface area contributed by atoms with Gasteiger partial charge in [0.05, 0.1) is 11.4 Å². The Morgan fingerprint density at radius 1 is 1.10 bits per heavy atom. The molecule has 2 aromatic carbocycles. The third-order valence-corrected chi connectivity index (χ3v) is 6.07. The average Bonchev–Trinajstić information content (AvgIpc) is 3.21. The molecule has 7 heteroatoms. The maximum atomic E-state index is 12.8. The van der Waals surface area contributed by atoms with E-state index < -0.39 is 11.1 Å². The molecule has 1 aliphatic heterocycles. The smallest absolute Gasteiger partial charge is 0.293 e. The summed E-state index contributed by atoms with van der Waals surface area (Å²) in [4.78, 5) is 39.1. The van der Waals surface area contributed by atoms with Crippen molar-refractivity contribution in [2.75, 3.05) is 6.54 Å². The van der Waals surface area contributed by atoms with Crippen LogP contribution in [0.25, 0.3) is 17.0 Å². The van der Waals surface area contributed by atoms with Gasteiger partial charge in [-0.05, 0) is 54.6 Å². The number of amides is 2. The number of hydrogen-bond donors (Lipinski definition) is 0. The van der Waals surface area contributed by atoms with Gasteiger partial charge in [-0.15, -0.1) is 0 Å². The molecule has 0 aliphatic carbocycles. The molecule has 152 valence electrons. The Morgan fingerprint density at radius 3 is 2.57 bits per heavy atom. The number of aryl methyl sites for hydroxylation is 1. The lowest BCUT2D eigenvalue weighted by atomic mass is 10.1. The first-order valence-electron chi connectivity index (χ1n) is 9.60. The maximum Gasteiger partial charge on any atom is 0.293 e. The zero-order chi connectivity index (χ0) is 21.3. The molecule has 3 aromatic rings. The van der Waals surface area contributed by atoms with Crippen LogP contribution in [0, 0.1) is 0 Å². The van der Waals surface area contributed by atoms with Gasteiger partial charge in [-0.25, -0.2) is 0 Å². The van der Waals surface area contributed by atoms with Crippen molar-refractivity contribution in [1.82, 2.24) is 9.47 Å². The fourth-order valence-electron chi connectivity index (χ4n) is 3.46. The monoisotopic (exact) mass is 438 g/mol. The highest BCUT2D eigenvalue weighted by Gasteiger charge is 2.36. The van der Waals surface area contributed by atoms with Crippen LogP contribution in [-0.2, 0) is 11.3 Å². The van der Waals surface area contributed by atoms with Gasteiger partial charge in [0.2, 0.25) is 0 Å². The van der Waals surface area contributed by atoms with E-state index >= 15 is 0 Å². The number of thioether (sulfide) groups is 1. The number of Topliss-reactive ketones (excluding diaryl/α,β-unsaturated/α-hetero) is 1. The summed E-state index contributed by atoms with van der Waals surface area (Å²) in [7, 11) is 0. The van der Waals surface area contributed by atoms with Gasteiger partial charge in [0, 0.05) is 39.8 Å². The molecule has 0 saturated carbocycles. The Kier molecular flexibility index (Phi) is 5.79. The summed E-state index contributed by atoms with van der Waals surface area (Å²) in [6.07, 6.45) is 4.73. The third-order valence-electron chi connectivity index (χ3n) is 4.91.